The number of thiophene rings is 1. The maximum Gasteiger partial charge on any atom is 0.223 e. The lowest BCUT2D eigenvalue weighted by Crippen LogP contribution is -2.48. The molecule has 11 heteroatoms. The van der Waals surface area contributed by atoms with Gasteiger partial charge in [-0.3, -0.25) is 4.90 Å². The molecule has 2 aromatic heterocycles. The summed E-state index contributed by atoms with van der Waals surface area (Å²) in [5, 5.41) is 0.251. The number of hydrogen-bond donors (Lipinski definition) is 0. The molecule has 0 radical (unpaired) electrons. The van der Waals surface area contributed by atoms with Crippen LogP contribution in [0.3, 0.4) is 0 Å². The van der Waals surface area contributed by atoms with Crippen LogP contribution in [-0.2, 0) is 21.3 Å². The molecule has 1 unspecified atom stereocenters. The summed E-state index contributed by atoms with van der Waals surface area (Å²) in [6.07, 6.45) is 3.06. The second kappa shape index (κ2) is 8.00. The highest BCUT2D eigenvalue weighted by molar-refractivity contribution is 7.88. The quantitative estimate of drug-likeness (QED) is 0.662. The largest absolute Gasteiger partial charge is 0.377 e. The van der Waals surface area contributed by atoms with Crippen LogP contribution in [0.5, 0.6) is 0 Å². The summed E-state index contributed by atoms with van der Waals surface area (Å²) in [5.74, 6) is 0. The number of rotatable bonds is 4. The fraction of sp³-hybridized carbons (Fsp3) is 0.647. The van der Waals surface area contributed by atoms with Crippen molar-refractivity contribution in [1.82, 2.24) is 19.2 Å². The summed E-state index contributed by atoms with van der Waals surface area (Å²) in [6.45, 7) is 7.57. The van der Waals surface area contributed by atoms with Crippen LogP contribution in [0, 0.1) is 0 Å². The van der Waals surface area contributed by atoms with Crippen LogP contribution in [0.4, 0.5) is 5.69 Å². The van der Waals surface area contributed by atoms with Gasteiger partial charge < -0.3 is 9.64 Å². The van der Waals surface area contributed by atoms with E-state index >= 15 is 0 Å². The number of halogens is 1. The van der Waals surface area contributed by atoms with Gasteiger partial charge in [0.05, 0.1) is 29.9 Å². The Morgan fingerprint density at radius 3 is 2.71 bits per heavy atom. The molecule has 2 saturated heterocycles. The van der Waals surface area contributed by atoms with E-state index in [9.17, 15) is 8.42 Å². The minimum Gasteiger partial charge on any atom is -0.377 e. The smallest absolute Gasteiger partial charge is 0.223 e. The molecule has 4 heterocycles. The highest BCUT2D eigenvalue weighted by Crippen LogP contribution is 2.39. The third-order valence-electron chi connectivity index (χ3n) is 5.27. The number of aromatic nitrogens is 2. The first-order valence-corrected chi connectivity index (χ1v) is 12.3. The predicted molar refractivity (Wildman–Crippen MR) is 112 cm³/mol. The van der Waals surface area contributed by atoms with Gasteiger partial charge in [-0.05, 0) is 18.5 Å². The van der Waals surface area contributed by atoms with E-state index in [1.165, 1.54) is 11.1 Å². The van der Waals surface area contributed by atoms with Crippen molar-refractivity contribution in [3.05, 3.63) is 16.4 Å². The Morgan fingerprint density at radius 1 is 1.29 bits per heavy atom. The lowest BCUT2D eigenvalue weighted by Gasteiger charge is -2.37. The minimum absolute atomic E-state index is 0.251. The zero-order valence-electron chi connectivity index (χ0n) is 16.0. The molecule has 0 spiro atoms. The maximum atomic E-state index is 11.8. The van der Waals surface area contributed by atoms with Crippen molar-refractivity contribution < 1.29 is 13.2 Å². The summed E-state index contributed by atoms with van der Waals surface area (Å²) in [5.41, 5.74) is 2.01. The minimum atomic E-state index is -3.13. The van der Waals surface area contributed by atoms with Gasteiger partial charge in [0.2, 0.25) is 15.3 Å². The standard InChI is InChI=1S/C17H24ClN5O3S2/c1-12-11-26-8-7-23(12)16-14(27-13-9-19-17(18)20-15(13)16)10-21-3-5-22(6-4-21)28(2,24)25/h9,12H,3-8,10-11H2,1-2H3. The van der Waals surface area contributed by atoms with E-state index < -0.39 is 10.0 Å². The Labute approximate surface area is 174 Å². The highest BCUT2D eigenvalue weighted by Gasteiger charge is 2.29. The average molecular weight is 446 g/mol. The van der Waals surface area contributed by atoms with Gasteiger partial charge in [0.1, 0.15) is 5.52 Å². The van der Waals surface area contributed by atoms with Crippen molar-refractivity contribution >= 4 is 48.9 Å². The molecular formula is C17H24ClN5O3S2. The Hall–Kier alpha value is -1.04. The van der Waals surface area contributed by atoms with Crippen molar-refractivity contribution in [2.45, 2.75) is 19.5 Å². The first kappa shape index (κ1) is 20.2. The molecule has 8 nitrogen and oxygen atoms in total. The number of nitrogens with zero attached hydrogens (tertiary/aromatic N) is 5. The monoisotopic (exact) mass is 445 g/mol. The molecule has 154 valence electrons. The van der Waals surface area contributed by atoms with Crippen LogP contribution in [0.15, 0.2) is 6.20 Å². The van der Waals surface area contributed by atoms with Gasteiger partial charge in [0.15, 0.2) is 0 Å². The number of fused-ring (bicyclic) bond motifs is 1. The fourth-order valence-electron chi connectivity index (χ4n) is 3.79. The van der Waals surface area contributed by atoms with Crippen molar-refractivity contribution in [2.75, 3.05) is 57.1 Å². The molecule has 2 aliphatic heterocycles. The zero-order chi connectivity index (χ0) is 19.9. The van der Waals surface area contributed by atoms with Crippen LogP contribution in [0.2, 0.25) is 5.28 Å². The van der Waals surface area contributed by atoms with Crippen molar-refractivity contribution in [2.24, 2.45) is 0 Å². The van der Waals surface area contributed by atoms with E-state index in [2.05, 4.69) is 26.7 Å². The number of hydrogen-bond acceptors (Lipinski definition) is 8. The van der Waals surface area contributed by atoms with Crippen molar-refractivity contribution in [1.29, 1.82) is 0 Å². The van der Waals surface area contributed by atoms with E-state index in [0.717, 1.165) is 29.0 Å². The summed E-state index contributed by atoms with van der Waals surface area (Å²) in [7, 11) is -3.13. The molecule has 4 rings (SSSR count). The topological polar surface area (TPSA) is 78.9 Å². The van der Waals surface area contributed by atoms with Crippen LogP contribution in [0.1, 0.15) is 11.8 Å². The molecule has 28 heavy (non-hydrogen) atoms. The number of ether oxygens (including phenoxy) is 1. The Morgan fingerprint density at radius 2 is 2.04 bits per heavy atom. The van der Waals surface area contributed by atoms with Crippen LogP contribution < -0.4 is 4.90 Å². The summed E-state index contributed by atoms with van der Waals surface area (Å²) >= 11 is 7.78. The van der Waals surface area contributed by atoms with Crippen LogP contribution in [0.25, 0.3) is 10.2 Å². The maximum absolute atomic E-state index is 11.8. The molecule has 2 aliphatic rings. The van der Waals surface area contributed by atoms with E-state index in [-0.39, 0.29) is 11.3 Å². The van der Waals surface area contributed by atoms with Gasteiger partial charge >= 0.3 is 0 Å². The van der Waals surface area contributed by atoms with Crippen molar-refractivity contribution in [3.8, 4) is 0 Å². The fourth-order valence-corrected chi connectivity index (χ4v) is 5.92. The zero-order valence-corrected chi connectivity index (χ0v) is 18.4. The number of piperazine rings is 1. The second-order valence-corrected chi connectivity index (χ2v) is 10.7. The Bertz CT molecular complexity index is 959. The molecule has 2 aromatic rings. The normalized spacial score (nSPS) is 22.8. The van der Waals surface area contributed by atoms with Crippen molar-refractivity contribution in [3.63, 3.8) is 0 Å². The lowest BCUT2D eigenvalue weighted by atomic mass is 10.2. The lowest BCUT2D eigenvalue weighted by molar-refractivity contribution is 0.0989. The summed E-state index contributed by atoms with van der Waals surface area (Å²) in [6, 6.07) is 0.251. The third kappa shape index (κ3) is 4.12. The van der Waals surface area contributed by atoms with Gasteiger partial charge in [-0.1, -0.05) is 0 Å². The molecule has 0 bridgehead atoms. The van der Waals surface area contributed by atoms with Gasteiger partial charge in [0.25, 0.3) is 0 Å². The number of morpholine rings is 1. The SMILES string of the molecule is CC1COCCN1c1c(CN2CCN(S(C)(=O)=O)CC2)sc2cnc(Cl)nc12. The molecule has 0 aromatic carbocycles. The first-order valence-electron chi connectivity index (χ1n) is 9.28. The highest BCUT2D eigenvalue weighted by atomic mass is 35.5. The molecule has 0 aliphatic carbocycles. The second-order valence-electron chi connectivity index (χ2n) is 7.28. The Balaban J connectivity index is 1.62. The van der Waals surface area contributed by atoms with Gasteiger partial charge in [-0.2, -0.15) is 4.31 Å². The molecule has 1 atom stereocenters. The summed E-state index contributed by atoms with van der Waals surface area (Å²) in [4.78, 5) is 14.5. The number of sulfonamides is 1. The molecular weight excluding hydrogens is 422 g/mol. The molecule has 2 fully saturated rings. The number of anilines is 1. The third-order valence-corrected chi connectivity index (χ3v) is 7.84. The first-order chi connectivity index (χ1) is 13.3. The van der Waals surface area contributed by atoms with Crippen LogP contribution >= 0.6 is 22.9 Å². The van der Waals surface area contributed by atoms with E-state index in [1.54, 1.807) is 21.8 Å². The molecule has 0 saturated carbocycles. The van der Waals surface area contributed by atoms with E-state index in [4.69, 9.17) is 16.3 Å². The average Bonchev–Trinajstić information content (AvgIpc) is 2.99. The van der Waals surface area contributed by atoms with E-state index in [1.807, 2.05) is 0 Å². The van der Waals surface area contributed by atoms with Crippen LogP contribution in [-0.4, -0.2) is 85.8 Å². The van der Waals surface area contributed by atoms with Gasteiger partial charge in [-0.15, -0.1) is 11.3 Å². The Kier molecular flexibility index (Phi) is 5.78. The molecule has 0 N–H and O–H groups in total. The summed E-state index contributed by atoms with van der Waals surface area (Å²) < 4.78 is 31.7. The van der Waals surface area contributed by atoms with Gasteiger partial charge in [0, 0.05) is 56.4 Å². The molecule has 0 amide bonds. The predicted octanol–water partition coefficient (Wildman–Crippen LogP) is 1.65. The van der Waals surface area contributed by atoms with E-state index in [0.29, 0.717) is 39.4 Å². The van der Waals surface area contributed by atoms with Gasteiger partial charge in [-0.25, -0.2) is 18.4 Å².